The van der Waals surface area contributed by atoms with Gasteiger partial charge < -0.3 is 4.90 Å². The van der Waals surface area contributed by atoms with E-state index in [9.17, 15) is 8.78 Å². The van der Waals surface area contributed by atoms with Crippen molar-refractivity contribution in [3.05, 3.63) is 22.3 Å². The van der Waals surface area contributed by atoms with Crippen molar-refractivity contribution >= 4 is 17.4 Å². The molecule has 0 spiro atoms. The van der Waals surface area contributed by atoms with Gasteiger partial charge >= 0.3 is 0 Å². The highest BCUT2D eigenvalue weighted by Crippen LogP contribution is 2.33. The first-order chi connectivity index (χ1) is 7.43. The lowest BCUT2D eigenvalue weighted by atomic mass is 10.1. The number of halogens is 3. The Morgan fingerprint density at radius 2 is 2.19 bits per heavy atom. The SMILES string of the molecule is Cc1cc(C#N)c(Cl)nc1N1CC(F)(F)C1. The zero-order valence-electron chi connectivity index (χ0n) is 8.47. The van der Waals surface area contributed by atoms with Crippen LogP contribution in [-0.4, -0.2) is 24.0 Å². The molecule has 1 fully saturated rings. The topological polar surface area (TPSA) is 39.9 Å². The van der Waals surface area contributed by atoms with Crippen molar-refractivity contribution in [3.63, 3.8) is 0 Å². The first-order valence-corrected chi connectivity index (χ1v) is 5.01. The third-order valence-electron chi connectivity index (χ3n) is 2.40. The molecular formula is C10H8ClF2N3. The molecule has 1 aromatic heterocycles. The van der Waals surface area contributed by atoms with Crippen molar-refractivity contribution in [1.82, 2.24) is 4.98 Å². The highest BCUT2D eigenvalue weighted by molar-refractivity contribution is 6.30. The van der Waals surface area contributed by atoms with Gasteiger partial charge in [0, 0.05) is 0 Å². The van der Waals surface area contributed by atoms with Gasteiger partial charge in [-0.2, -0.15) is 5.26 Å². The number of aryl methyl sites for hydroxylation is 1. The van der Waals surface area contributed by atoms with Crippen molar-refractivity contribution in [2.45, 2.75) is 12.8 Å². The molecule has 0 amide bonds. The summed E-state index contributed by atoms with van der Waals surface area (Å²) in [5.74, 6) is -2.22. The van der Waals surface area contributed by atoms with E-state index in [1.165, 1.54) is 4.90 Å². The maximum absolute atomic E-state index is 12.7. The second kappa shape index (κ2) is 3.56. The molecule has 1 aliphatic rings. The smallest absolute Gasteiger partial charge is 0.282 e. The summed E-state index contributed by atoms with van der Waals surface area (Å²) < 4.78 is 25.4. The maximum Gasteiger partial charge on any atom is 0.282 e. The fraction of sp³-hybridized carbons (Fsp3) is 0.400. The summed E-state index contributed by atoms with van der Waals surface area (Å²) in [5.41, 5.74) is 0.937. The molecule has 1 aliphatic heterocycles. The molecule has 0 N–H and O–H groups in total. The Kier molecular flexibility index (Phi) is 2.47. The lowest BCUT2D eigenvalue weighted by Gasteiger charge is -2.40. The van der Waals surface area contributed by atoms with Crippen molar-refractivity contribution in [2.75, 3.05) is 18.0 Å². The minimum atomic E-state index is -2.64. The quantitative estimate of drug-likeness (QED) is 0.711. The van der Waals surface area contributed by atoms with Crippen molar-refractivity contribution in [1.29, 1.82) is 5.26 Å². The molecular weight excluding hydrogens is 236 g/mol. The number of aromatic nitrogens is 1. The largest absolute Gasteiger partial charge is 0.344 e. The lowest BCUT2D eigenvalue weighted by Crippen LogP contribution is -2.56. The molecule has 0 saturated carbocycles. The highest BCUT2D eigenvalue weighted by atomic mass is 35.5. The fourth-order valence-corrected chi connectivity index (χ4v) is 1.82. The molecule has 1 saturated heterocycles. The van der Waals surface area contributed by atoms with Crippen molar-refractivity contribution in [3.8, 4) is 6.07 Å². The molecule has 6 heteroatoms. The molecule has 2 rings (SSSR count). The van der Waals surface area contributed by atoms with Gasteiger partial charge in [0.2, 0.25) is 0 Å². The van der Waals surface area contributed by atoms with Crippen LogP contribution in [0.1, 0.15) is 11.1 Å². The Morgan fingerprint density at radius 1 is 1.56 bits per heavy atom. The highest BCUT2D eigenvalue weighted by Gasteiger charge is 2.45. The number of rotatable bonds is 1. The van der Waals surface area contributed by atoms with E-state index in [2.05, 4.69) is 4.98 Å². The predicted molar refractivity (Wildman–Crippen MR) is 55.9 cm³/mol. The monoisotopic (exact) mass is 243 g/mol. The molecule has 0 unspecified atom stereocenters. The Balaban J connectivity index is 2.31. The molecule has 3 nitrogen and oxygen atoms in total. The molecule has 1 aromatic rings. The summed E-state index contributed by atoms with van der Waals surface area (Å²) in [4.78, 5) is 5.41. The van der Waals surface area contributed by atoms with Gasteiger partial charge in [0.25, 0.3) is 5.92 Å². The van der Waals surface area contributed by atoms with E-state index in [0.29, 0.717) is 11.4 Å². The van der Waals surface area contributed by atoms with E-state index >= 15 is 0 Å². The Morgan fingerprint density at radius 3 is 2.69 bits per heavy atom. The molecule has 0 aliphatic carbocycles. The molecule has 0 radical (unpaired) electrons. The van der Waals surface area contributed by atoms with Gasteiger partial charge in [-0.25, -0.2) is 13.8 Å². The van der Waals surface area contributed by atoms with Crippen LogP contribution in [0.2, 0.25) is 5.15 Å². The van der Waals surface area contributed by atoms with Crippen LogP contribution in [0, 0.1) is 18.3 Å². The van der Waals surface area contributed by atoms with Crippen LogP contribution < -0.4 is 4.90 Å². The van der Waals surface area contributed by atoms with Gasteiger partial charge in [-0.05, 0) is 18.6 Å². The molecule has 2 heterocycles. The van der Waals surface area contributed by atoms with Crippen LogP contribution in [0.4, 0.5) is 14.6 Å². The average Bonchev–Trinajstić information content (AvgIpc) is 2.17. The second-order valence-corrected chi connectivity index (χ2v) is 4.15. The van der Waals surface area contributed by atoms with E-state index < -0.39 is 5.92 Å². The first-order valence-electron chi connectivity index (χ1n) is 4.63. The minimum Gasteiger partial charge on any atom is -0.344 e. The van der Waals surface area contributed by atoms with Gasteiger partial charge in [-0.15, -0.1) is 0 Å². The number of nitrogens with zero attached hydrogens (tertiary/aromatic N) is 3. The molecule has 0 aromatic carbocycles. The van der Waals surface area contributed by atoms with Crippen LogP contribution in [0.3, 0.4) is 0 Å². The summed E-state index contributed by atoms with van der Waals surface area (Å²) in [5, 5.41) is 8.77. The summed E-state index contributed by atoms with van der Waals surface area (Å²) in [6.07, 6.45) is 0. The summed E-state index contributed by atoms with van der Waals surface area (Å²) >= 11 is 5.75. The average molecular weight is 244 g/mol. The van der Waals surface area contributed by atoms with E-state index in [0.717, 1.165) is 0 Å². The van der Waals surface area contributed by atoms with Crippen LogP contribution in [0.25, 0.3) is 0 Å². The Labute approximate surface area is 96.3 Å². The number of hydrogen-bond donors (Lipinski definition) is 0. The standard InChI is InChI=1S/C10H8ClF2N3/c1-6-2-7(3-14)8(11)15-9(6)16-4-10(12,13)5-16/h2H,4-5H2,1H3. The summed E-state index contributed by atoms with van der Waals surface area (Å²) in [6.45, 7) is 1.03. The molecule has 84 valence electrons. The zero-order valence-corrected chi connectivity index (χ0v) is 9.22. The number of hydrogen-bond acceptors (Lipinski definition) is 3. The van der Waals surface area contributed by atoms with Crippen molar-refractivity contribution in [2.24, 2.45) is 0 Å². The zero-order chi connectivity index (χ0) is 11.9. The minimum absolute atomic E-state index is 0.0540. The van der Waals surface area contributed by atoms with Gasteiger partial charge in [0.1, 0.15) is 17.0 Å². The first kappa shape index (κ1) is 11.1. The van der Waals surface area contributed by atoms with E-state index in [-0.39, 0.29) is 23.8 Å². The molecule has 0 atom stereocenters. The predicted octanol–water partition coefficient (Wildman–Crippen LogP) is 2.37. The number of alkyl halides is 2. The van der Waals surface area contributed by atoms with Gasteiger partial charge in [0.15, 0.2) is 0 Å². The third kappa shape index (κ3) is 1.81. The number of nitriles is 1. The fourth-order valence-electron chi connectivity index (χ4n) is 1.64. The number of anilines is 1. The van der Waals surface area contributed by atoms with E-state index in [1.54, 1.807) is 13.0 Å². The number of pyridine rings is 1. The maximum atomic E-state index is 12.7. The van der Waals surface area contributed by atoms with Crippen molar-refractivity contribution < 1.29 is 8.78 Å². The van der Waals surface area contributed by atoms with Crippen LogP contribution in [0.5, 0.6) is 0 Å². The van der Waals surface area contributed by atoms with E-state index in [1.807, 2.05) is 6.07 Å². The molecule has 0 bridgehead atoms. The van der Waals surface area contributed by atoms with Gasteiger partial charge in [0.05, 0.1) is 18.7 Å². The Hall–Kier alpha value is -1.41. The normalized spacial score (nSPS) is 17.8. The van der Waals surface area contributed by atoms with E-state index in [4.69, 9.17) is 16.9 Å². The molecule has 16 heavy (non-hydrogen) atoms. The van der Waals surface area contributed by atoms with Crippen LogP contribution in [0.15, 0.2) is 6.07 Å². The van der Waals surface area contributed by atoms with Gasteiger partial charge in [-0.1, -0.05) is 11.6 Å². The Bertz CT molecular complexity index is 474. The summed E-state index contributed by atoms with van der Waals surface area (Å²) in [6, 6.07) is 3.45. The van der Waals surface area contributed by atoms with Crippen LogP contribution >= 0.6 is 11.6 Å². The van der Waals surface area contributed by atoms with Crippen LogP contribution in [-0.2, 0) is 0 Å². The third-order valence-corrected chi connectivity index (χ3v) is 2.69. The summed E-state index contributed by atoms with van der Waals surface area (Å²) in [7, 11) is 0. The van der Waals surface area contributed by atoms with Gasteiger partial charge in [-0.3, -0.25) is 0 Å². The second-order valence-electron chi connectivity index (χ2n) is 3.79. The lowest BCUT2D eigenvalue weighted by molar-refractivity contribution is -0.0267.